The Hall–Kier alpha value is -1.85. The number of aromatic nitrogens is 2. The molecule has 0 saturated heterocycles. The molecular formula is C6H6N2O4. The molecule has 0 spiro atoms. The molecule has 0 unspecified atom stereocenters. The fraction of sp³-hybridized carbons (Fsp3) is 0.167. The third-order valence-corrected chi connectivity index (χ3v) is 1.21. The van der Waals surface area contributed by atoms with Gasteiger partial charge in [0, 0.05) is 12.3 Å². The zero-order chi connectivity index (χ0) is 9.14. The van der Waals surface area contributed by atoms with E-state index in [1.54, 1.807) is 0 Å². The lowest BCUT2D eigenvalue weighted by atomic mass is 10.6. The van der Waals surface area contributed by atoms with Crippen LogP contribution in [0.3, 0.4) is 0 Å². The first-order valence-corrected chi connectivity index (χ1v) is 3.06. The number of nitrogens with one attached hydrogen (secondary N) is 1. The standard InChI is InChI=1S/C6H6N2O4/c1-12-6(11)8-4(9)2-3-7-5(8)10/h2-3H,1H3,(H,7,10). The Balaban J connectivity index is 3.42. The maximum Gasteiger partial charge on any atom is 0.425 e. The molecule has 0 aliphatic carbocycles. The summed E-state index contributed by atoms with van der Waals surface area (Å²) in [4.78, 5) is 34.7. The Morgan fingerprint density at radius 3 is 2.75 bits per heavy atom. The average molecular weight is 170 g/mol. The predicted octanol–water partition coefficient (Wildman–Crippen LogP) is -0.849. The van der Waals surface area contributed by atoms with Gasteiger partial charge in [0.2, 0.25) is 0 Å². The Morgan fingerprint density at radius 1 is 1.58 bits per heavy atom. The molecule has 0 aliphatic rings. The third-order valence-electron chi connectivity index (χ3n) is 1.21. The number of rotatable bonds is 0. The third kappa shape index (κ3) is 1.26. The minimum Gasteiger partial charge on any atom is -0.452 e. The van der Waals surface area contributed by atoms with Gasteiger partial charge in [-0.25, -0.2) is 9.59 Å². The van der Waals surface area contributed by atoms with Crippen LogP contribution < -0.4 is 11.2 Å². The van der Waals surface area contributed by atoms with Gasteiger partial charge in [0.05, 0.1) is 7.11 Å². The predicted molar refractivity (Wildman–Crippen MR) is 39.1 cm³/mol. The van der Waals surface area contributed by atoms with Crippen LogP contribution in [0, 0.1) is 0 Å². The molecule has 0 radical (unpaired) electrons. The second kappa shape index (κ2) is 3.04. The number of carbonyl (C=O) groups is 1. The number of aromatic amines is 1. The van der Waals surface area contributed by atoms with E-state index < -0.39 is 17.3 Å². The number of ether oxygens (including phenoxy) is 1. The first-order chi connectivity index (χ1) is 5.66. The van der Waals surface area contributed by atoms with Gasteiger partial charge in [-0.3, -0.25) is 4.79 Å². The van der Waals surface area contributed by atoms with Gasteiger partial charge in [-0.15, -0.1) is 0 Å². The summed E-state index contributed by atoms with van der Waals surface area (Å²) >= 11 is 0. The highest BCUT2D eigenvalue weighted by atomic mass is 16.5. The Bertz CT molecular complexity index is 374. The van der Waals surface area contributed by atoms with Gasteiger partial charge in [-0.1, -0.05) is 0 Å². The summed E-state index contributed by atoms with van der Waals surface area (Å²) in [5.74, 6) is 0. The lowest BCUT2D eigenvalue weighted by molar-refractivity contribution is 0.170. The largest absolute Gasteiger partial charge is 0.452 e. The normalized spacial score (nSPS) is 9.42. The van der Waals surface area contributed by atoms with Crippen LogP contribution in [-0.2, 0) is 4.74 Å². The van der Waals surface area contributed by atoms with Crippen molar-refractivity contribution >= 4 is 6.09 Å². The molecule has 0 saturated carbocycles. The van der Waals surface area contributed by atoms with Crippen molar-refractivity contribution < 1.29 is 9.53 Å². The fourth-order valence-electron chi connectivity index (χ4n) is 0.688. The van der Waals surface area contributed by atoms with E-state index >= 15 is 0 Å². The van der Waals surface area contributed by atoms with Crippen molar-refractivity contribution in [3.63, 3.8) is 0 Å². The van der Waals surface area contributed by atoms with Crippen molar-refractivity contribution in [3.8, 4) is 0 Å². The zero-order valence-electron chi connectivity index (χ0n) is 6.23. The van der Waals surface area contributed by atoms with Gasteiger partial charge in [-0.2, -0.15) is 4.57 Å². The molecule has 6 nitrogen and oxygen atoms in total. The molecule has 6 heteroatoms. The molecule has 0 atom stereocenters. The Kier molecular flexibility index (Phi) is 2.09. The number of hydrogen-bond acceptors (Lipinski definition) is 4. The molecule has 1 heterocycles. The van der Waals surface area contributed by atoms with E-state index in [0.717, 1.165) is 19.4 Å². The van der Waals surface area contributed by atoms with Crippen LogP contribution in [0.2, 0.25) is 0 Å². The maximum absolute atomic E-state index is 10.9. The molecule has 0 aromatic carbocycles. The van der Waals surface area contributed by atoms with Crippen LogP contribution in [0.4, 0.5) is 4.79 Å². The van der Waals surface area contributed by atoms with Crippen LogP contribution >= 0.6 is 0 Å². The summed E-state index contributed by atoms with van der Waals surface area (Å²) in [5.41, 5.74) is -1.53. The lowest BCUT2D eigenvalue weighted by Gasteiger charge is -1.98. The molecule has 1 N–H and O–H groups in total. The SMILES string of the molecule is COC(=O)n1c(=O)cc[nH]c1=O. The van der Waals surface area contributed by atoms with Crippen molar-refractivity contribution in [1.29, 1.82) is 0 Å². The van der Waals surface area contributed by atoms with Crippen LogP contribution in [0.25, 0.3) is 0 Å². The molecule has 1 aromatic heterocycles. The fourth-order valence-corrected chi connectivity index (χ4v) is 0.688. The molecule has 1 aromatic rings. The van der Waals surface area contributed by atoms with E-state index in [2.05, 4.69) is 9.72 Å². The van der Waals surface area contributed by atoms with Crippen LogP contribution in [-0.4, -0.2) is 22.8 Å². The summed E-state index contributed by atoms with van der Waals surface area (Å²) in [7, 11) is 1.08. The molecular weight excluding hydrogens is 164 g/mol. The Morgan fingerprint density at radius 2 is 2.25 bits per heavy atom. The number of hydrogen-bond donors (Lipinski definition) is 1. The monoisotopic (exact) mass is 170 g/mol. The van der Waals surface area contributed by atoms with Gasteiger partial charge in [0.1, 0.15) is 0 Å². The zero-order valence-corrected chi connectivity index (χ0v) is 6.23. The van der Waals surface area contributed by atoms with Crippen molar-refractivity contribution in [1.82, 2.24) is 9.55 Å². The molecule has 0 bridgehead atoms. The topological polar surface area (TPSA) is 81.2 Å². The van der Waals surface area contributed by atoms with E-state index in [9.17, 15) is 14.4 Å². The quantitative estimate of drug-likeness (QED) is 0.550. The van der Waals surface area contributed by atoms with Gasteiger partial charge < -0.3 is 9.72 Å². The Labute approximate surface area is 66.4 Å². The van der Waals surface area contributed by atoms with E-state index in [4.69, 9.17) is 0 Å². The summed E-state index contributed by atoms with van der Waals surface area (Å²) < 4.78 is 4.56. The van der Waals surface area contributed by atoms with E-state index in [1.807, 2.05) is 0 Å². The first-order valence-electron chi connectivity index (χ1n) is 3.06. The smallest absolute Gasteiger partial charge is 0.425 e. The molecule has 0 amide bonds. The van der Waals surface area contributed by atoms with Crippen molar-refractivity contribution in [2.75, 3.05) is 7.11 Å². The number of carbonyl (C=O) groups excluding carboxylic acids is 1. The van der Waals surface area contributed by atoms with Gasteiger partial charge in [-0.05, 0) is 0 Å². The molecule has 0 aliphatic heterocycles. The van der Waals surface area contributed by atoms with Crippen molar-refractivity contribution in [2.24, 2.45) is 0 Å². The number of nitrogens with zero attached hydrogens (tertiary/aromatic N) is 1. The number of H-pyrrole nitrogens is 1. The van der Waals surface area contributed by atoms with Gasteiger partial charge in [0.15, 0.2) is 0 Å². The van der Waals surface area contributed by atoms with Crippen molar-refractivity contribution in [2.45, 2.75) is 0 Å². The van der Waals surface area contributed by atoms with Gasteiger partial charge in [0.25, 0.3) is 5.56 Å². The van der Waals surface area contributed by atoms with Crippen molar-refractivity contribution in [3.05, 3.63) is 33.1 Å². The number of methoxy groups -OCH3 is 1. The summed E-state index contributed by atoms with van der Waals surface area (Å²) in [5, 5.41) is 0. The van der Waals surface area contributed by atoms with Crippen LogP contribution in [0.15, 0.2) is 21.9 Å². The van der Waals surface area contributed by atoms with Crippen LogP contribution in [0.1, 0.15) is 0 Å². The highest BCUT2D eigenvalue weighted by Crippen LogP contribution is 1.74. The minimum atomic E-state index is -0.998. The highest BCUT2D eigenvalue weighted by molar-refractivity contribution is 5.69. The van der Waals surface area contributed by atoms with Gasteiger partial charge >= 0.3 is 11.8 Å². The molecule has 12 heavy (non-hydrogen) atoms. The highest BCUT2D eigenvalue weighted by Gasteiger charge is 2.08. The summed E-state index contributed by atoms with van der Waals surface area (Å²) in [6, 6.07) is 1.05. The average Bonchev–Trinajstić information content (AvgIpc) is 2.03. The second-order valence-corrected chi connectivity index (χ2v) is 1.93. The van der Waals surface area contributed by atoms with E-state index in [1.165, 1.54) is 0 Å². The first kappa shape index (κ1) is 8.25. The molecule has 0 fully saturated rings. The summed E-state index contributed by atoms with van der Waals surface area (Å²) in [6.45, 7) is 0. The summed E-state index contributed by atoms with van der Waals surface area (Å²) in [6.07, 6.45) is 0.159. The minimum absolute atomic E-state index is 0.361. The molecule has 64 valence electrons. The van der Waals surface area contributed by atoms with Crippen LogP contribution in [0.5, 0.6) is 0 Å². The second-order valence-electron chi connectivity index (χ2n) is 1.93. The van der Waals surface area contributed by atoms with E-state index in [0.29, 0.717) is 4.57 Å². The lowest BCUT2D eigenvalue weighted by Crippen LogP contribution is -2.38. The van der Waals surface area contributed by atoms with E-state index in [-0.39, 0.29) is 0 Å². The molecule has 1 rings (SSSR count). The maximum atomic E-state index is 10.9.